The largest absolute Gasteiger partial charge is 0.391 e. The number of nitrogens with one attached hydrogen (secondary N) is 1. The third-order valence-electron chi connectivity index (χ3n) is 4.79. The number of aliphatic hydroxyl groups excluding tert-OH is 1. The third-order valence-corrected chi connectivity index (χ3v) is 4.79. The van der Waals surface area contributed by atoms with Crippen LogP contribution in [0.1, 0.15) is 17.0 Å². The minimum Gasteiger partial charge on any atom is -0.391 e. The van der Waals surface area contributed by atoms with Gasteiger partial charge in [0.15, 0.2) is 0 Å². The van der Waals surface area contributed by atoms with Crippen molar-refractivity contribution in [3.05, 3.63) is 59.5 Å². The molecule has 0 saturated carbocycles. The van der Waals surface area contributed by atoms with Gasteiger partial charge in [-0.15, -0.1) is 0 Å². The van der Waals surface area contributed by atoms with Crippen molar-refractivity contribution in [2.45, 2.75) is 26.0 Å². The number of H-pyrrole nitrogens is 1. The summed E-state index contributed by atoms with van der Waals surface area (Å²) in [6.07, 6.45) is 2.35. The van der Waals surface area contributed by atoms with Gasteiger partial charge in [-0.3, -0.25) is 15.0 Å². The number of likely N-dealkylation sites (tertiary alicyclic amines) is 1. The maximum Gasteiger partial charge on any atom is 0.0711 e. The van der Waals surface area contributed by atoms with Crippen LogP contribution in [0, 0.1) is 12.8 Å². The van der Waals surface area contributed by atoms with Gasteiger partial charge >= 0.3 is 0 Å². The minimum atomic E-state index is -0.288. The lowest BCUT2D eigenvalue weighted by Crippen LogP contribution is -2.21. The van der Waals surface area contributed by atoms with E-state index in [2.05, 4.69) is 50.4 Å². The van der Waals surface area contributed by atoms with Crippen LogP contribution in [0.15, 0.2) is 42.6 Å². The number of aliphatic hydroxyl groups is 1. The van der Waals surface area contributed by atoms with Crippen LogP contribution < -0.4 is 0 Å². The normalized spacial score (nSPS) is 21.6. The molecule has 0 radical (unpaired) electrons. The first-order valence-electron chi connectivity index (χ1n) is 8.42. The molecule has 2 atom stereocenters. The van der Waals surface area contributed by atoms with E-state index in [-0.39, 0.29) is 12.0 Å². The number of aromatic nitrogens is 3. The maximum atomic E-state index is 10.4. The van der Waals surface area contributed by atoms with E-state index in [1.54, 1.807) is 0 Å². The molecule has 5 heteroatoms. The SMILES string of the molecule is Cc1cc(C[C@@H]2CN(Cc3ccc4ncccc4c3)C[C@H]2O)n[nH]1. The molecule has 4 rings (SSSR count). The third kappa shape index (κ3) is 3.18. The zero-order valence-electron chi connectivity index (χ0n) is 13.8. The van der Waals surface area contributed by atoms with Gasteiger partial charge in [0.2, 0.25) is 0 Å². The number of hydrogen-bond donors (Lipinski definition) is 2. The Bertz CT molecular complexity index is 844. The monoisotopic (exact) mass is 322 g/mol. The van der Waals surface area contributed by atoms with E-state index < -0.39 is 0 Å². The van der Waals surface area contributed by atoms with E-state index in [4.69, 9.17) is 0 Å². The van der Waals surface area contributed by atoms with Crippen molar-refractivity contribution in [3.8, 4) is 0 Å². The van der Waals surface area contributed by atoms with Crippen molar-refractivity contribution in [1.29, 1.82) is 0 Å². The Morgan fingerprint density at radius 2 is 2.17 bits per heavy atom. The summed E-state index contributed by atoms with van der Waals surface area (Å²) in [5, 5.41) is 18.8. The number of hydrogen-bond acceptors (Lipinski definition) is 4. The fourth-order valence-electron chi connectivity index (χ4n) is 3.60. The summed E-state index contributed by atoms with van der Waals surface area (Å²) in [5.41, 5.74) is 4.39. The molecule has 24 heavy (non-hydrogen) atoms. The molecule has 124 valence electrons. The van der Waals surface area contributed by atoms with Crippen molar-refractivity contribution in [1.82, 2.24) is 20.1 Å². The van der Waals surface area contributed by atoms with Gasteiger partial charge in [0.1, 0.15) is 0 Å². The quantitative estimate of drug-likeness (QED) is 0.773. The lowest BCUT2D eigenvalue weighted by atomic mass is 10.0. The standard InChI is InChI=1S/C19H22N4O/c1-13-7-17(22-21-13)9-16-11-23(12-19(16)24)10-14-4-5-18-15(8-14)3-2-6-20-18/h2-8,16,19,24H,9-12H2,1H3,(H,21,22)/t16-,19-/m1/s1. The average Bonchev–Trinajstić information content (AvgIpc) is 3.13. The molecule has 2 aromatic heterocycles. The van der Waals surface area contributed by atoms with Crippen molar-refractivity contribution < 1.29 is 5.11 Å². The Labute approximate surface area is 141 Å². The van der Waals surface area contributed by atoms with Gasteiger partial charge in [0, 0.05) is 42.8 Å². The van der Waals surface area contributed by atoms with Gasteiger partial charge < -0.3 is 5.11 Å². The Morgan fingerprint density at radius 1 is 1.25 bits per heavy atom. The van der Waals surface area contributed by atoms with Crippen LogP contribution in [0.3, 0.4) is 0 Å². The van der Waals surface area contributed by atoms with Gasteiger partial charge in [0.25, 0.3) is 0 Å². The molecule has 1 aliphatic rings. The zero-order chi connectivity index (χ0) is 16.5. The highest BCUT2D eigenvalue weighted by Gasteiger charge is 2.31. The van der Waals surface area contributed by atoms with Crippen LogP contribution in [0.5, 0.6) is 0 Å². The van der Waals surface area contributed by atoms with Crippen molar-refractivity contribution >= 4 is 10.9 Å². The van der Waals surface area contributed by atoms with E-state index in [0.29, 0.717) is 0 Å². The lowest BCUT2D eigenvalue weighted by Gasteiger charge is -2.15. The molecule has 0 spiro atoms. The number of β-amino-alcohol motifs (C(OH)–C–C–N with tert-alkyl or cyclic N) is 1. The number of pyridine rings is 1. The van der Waals surface area contributed by atoms with Crippen LogP contribution in [0.25, 0.3) is 10.9 Å². The first kappa shape index (κ1) is 15.3. The highest BCUT2D eigenvalue weighted by Crippen LogP contribution is 2.23. The van der Waals surface area contributed by atoms with Crippen LogP contribution in [0.4, 0.5) is 0 Å². The van der Waals surface area contributed by atoms with E-state index in [9.17, 15) is 5.11 Å². The maximum absolute atomic E-state index is 10.4. The number of rotatable bonds is 4. The van der Waals surface area contributed by atoms with Crippen molar-refractivity contribution in [3.63, 3.8) is 0 Å². The fraction of sp³-hybridized carbons (Fsp3) is 0.368. The van der Waals surface area contributed by atoms with E-state index in [0.717, 1.165) is 43.0 Å². The van der Waals surface area contributed by atoms with Crippen LogP contribution in [-0.4, -0.2) is 44.4 Å². The second-order valence-electron chi connectivity index (χ2n) is 6.80. The molecular formula is C19H22N4O. The molecule has 3 aromatic rings. The van der Waals surface area contributed by atoms with E-state index in [1.165, 1.54) is 10.9 Å². The summed E-state index contributed by atoms with van der Waals surface area (Å²) in [4.78, 5) is 6.69. The molecule has 1 aromatic carbocycles. The second kappa shape index (κ2) is 6.34. The first-order chi connectivity index (χ1) is 11.7. The number of aromatic amines is 1. The van der Waals surface area contributed by atoms with Crippen molar-refractivity contribution in [2.75, 3.05) is 13.1 Å². The number of fused-ring (bicyclic) bond motifs is 1. The summed E-state index contributed by atoms with van der Waals surface area (Å²) < 4.78 is 0. The van der Waals surface area contributed by atoms with Crippen LogP contribution in [0.2, 0.25) is 0 Å². The van der Waals surface area contributed by atoms with Gasteiger partial charge in [-0.1, -0.05) is 12.1 Å². The summed E-state index contributed by atoms with van der Waals surface area (Å²) in [6, 6.07) is 12.5. The molecule has 0 unspecified atom stereocenters. The predicted octanol–water partition coefficient (Wildman–Crippen LogP) is 2.30. The smallest absolute Gasteiger partial charge is 0.0711 e. The Hall–Kier alpha value is -2.24. The van der Waals surface area contributed by atoms with Crippen LogP contribution >= 0.6 is 0 Å². The number of benzene rings is 1. The fourth-order valence-corrected chi connectivity index (χ4v) is 3.60. The molecule has 2 N–H and O–H groups in total. The summed E-state index contributed by atoms with van der Waals surface area (Å²) in [6.45, 7) is 4.48. The summed E-state index contributed by atoms with van der Waals surface area (Å²) in [7, 11) is 0. The first-order valence-corrected chi connectivity index (χ1v) is 8.42. The van der Waals surface area contributed by atoms with E-state index >= 15 is 0 Å². The average molecular weight is 322 g/mol. The van der Waals surface area contributed by atoms with Gasteiger partial charge in [0.05, 0.1) is 17.3 Å². The summed E-state index contributed by atoms with van der Waals surface area (Å²) >= 11 is 0. The molecule has 0 aliphatic carbocycles. The molecule has 0 amide bonds. The number of aryl methyl sites for hydroxylation is 1. The van der Waals surface area contributed by atoms with E-state index in [1.807, 2.05) is 19.2 Å². The second-order valence-corrected chi connectivity index (χ2v) is 6.80. The molecule has 0 bridgehead atoms. The topological polar surface area (TPSA) is 65.0 Å². The van der Waals surface area contributed by atoms with Crippen molar-refractivity contribution in [2.24, 2.45) is 5.92 Å². The predicted molar refractivity (Wildman–Crippen MR) is 93.5 cm³/mol. The minimum absolute atomic E-state index is 0.245. The highest BCUT2D eigenvalue weighted by molar-refractivity contribution is 5.78. The number of nitrogens with zero attached hydrogens (tertiary/aromatic N) is 3. The summed E-state index contributed by atoms with van der Waals surface area (Å²) in [5.74, 6) is 0.245. The Balaban J connectivity index is 1.43. The molecule has 1 fully saturated rings. The van der Waals surface area contributed by atoms with Gasteiger partial charge in [-0.25, -0.2) is 0 Å². The zero-order valence-corrected chi connectivity index (χ0v) is 13.8. The molecule has 3 heterocycles. The molecule has 1 saturated heterocycles. The Morgan fingerprint density at radius 3 is 3.00 bits per heavy atom. The highest BCUT2D eigenvalue weighted by atomic mass is 16.3. The Kier molecular flexibility index (Phi) is 4.04. The lowest BCUT2D eigenvalue weighted by molar-refractivity contribution is 0.140. The molecule has 5 nitrogen and oxygen atoms in total. The molecular weight excluding hydrogens is 300 g/mol. The van der Waals surface area contributed by atoms with Gasteiger partial charge in [-0.2, -0.15) is 5.10 Å². The molecule has 1 aliphatic heterocycles. The van der Waals surface area contributed by atoms with Gasteiger partial charge in [-0.05, 0) is 43.2 Å². The van der Waals surface area contributed by atoms with Crippen LogP contribution in [-0.2, 0) is 13.0 Å².